The number of hydrogen-bond donors (Lipinski definition) is 2. The number of anilines is 1. The van der Waals surface area contributed by atoms with E-state index < -0.39 is 0 Å². The Kier molecular flexibility index (Phi) is 4.44. The molecule has 0 aliphatic rings. The van der Waals surface area contributed by atoms with E-state index in [0.29, 0.717) is 5.69 Å². The third kappa shape index (κ3) is 3.08. The first kappa shape index (κ1) is 16.7. The summed E-state index contributed by atoms with van der Waals surface area (Å²) in [5, 5.41) is 14.4. The number of aryl methyl sites for hydroxylation is 3. The van der Waals surface area contributed by atoms with Crippen molar-refractivity contribution in [1.29, 1.82) is 0 Å². The van der Waals surface area contributed by atoms with Crippen LogP contribution < -0.4 is 5.32 Å². The highest BCUT2D eigenvalue weighted by atomic mass is 127. The smallest absolute Gasteiger partial charge is 0.273 e. The van der Waals surface area contributed by atoms with E-state index in [9.17, 15) is 4.79 Å². The number of rotatable bonds is 3. The predicted octanol–water partition coefficient (Wildman–Crippen LogP) is 3.59. The number of benzene rings is 1. The summed E-state index contributed by atoms with van der Waals surface area (Å²) in [6.07, 6.45) is 0. The summed E-state index contributed by atoms with van der Waals surface area (Å²) in [4.78, 5) is 12.5. The molecule has 1 amide bonds. The van der Waals surface area contributed by atoms with Gasteiger partial charge in [-0.05, 0) is 73.2 Å². The van der Waals surface area contributed by atoms with Gasteiger partial charge in [0.2, 0.25) is 0 Å². The average Bonchev–Trinajstić information content (AvgIpc) is 3.08. The van der Waals surface area contributed by atoms with Gasteiger partial charge in [-0.2, -0.15) is 10.2 Å². The number of aromatic amines is 1. The Morgan fingerprint density at radius 2 is 2.00 bits per heavy atom. The van der Waals surface area contributed by atoms with Crippen molar-refractivity contribution in [3.8, 4) is 11.3 Å². The van der Waals surface area contributed by atoms with Crippen LogP contribution in [0.2, 0.25) is 0 Å². The molecule has 2 N–H and O–H groups in total. The van der Waals surface area contributed by atoms with Crippen molar-refractivity contribution in [2.24, 2.45) is 7.05 Å². The van der Waals surface area contributed by atoms with Crippen molar-refractivity contribution >= 4 is 34.2 Å². The zero-order valence-corrected chi connectivity index (χ0v) is 16.1. The van der Waals surface area contributed by atoms with Crippen molar-refractivity contribution in [2.45, 2.75) is 20.8 Å². The molecule has 2 aromatic heterocycles. The molecule has 0 aliphatic heterocycles. The molecule has 3 rings (SSSR count). The van der Waals surface area contributed by atoms with Crippen molar-refractivity contribution in [2.75, 3.05) is 5.32 Å². The molecule has 7 heteroatoms. The number of hydrogen-bond acceptors (Lipinski definition) is 3. The van der Waals surface area contributed by atoms with Crippen molar-refractivity contribution in [3.05, 3.63) is 50.5 Å². The highest BCUT2D eigenvalue weighted by Gasteiger charge is 2.17. The van der Waals surface area contributed by atoms with Crippen LogP contribution in [0.1, 0.15) is 27.4 Å². The molecule has 0 radical (unpaired) electrons. The molecule has 0 saturated heterocycles. The normalized spacial score (nSPS) is 10.9. The summed E-state index contributed by atoms with van der Waals surface area (Å²) in [5.74, 6) is -0.211. The van der Waals surface area contributed by atoms with Crippen LogP contribution in [0.5, 0.6) is 0 Å². The summed E-state index contributed by atoms with van der Waals surface area (Å²) in [7, 11) is 1.89. The molecule has 0 fully saturated rings. The lowest BCUT2D eigenvalue weighted by molar-refractivity contribution is 0.102. The van der Waals surface area contributed by atoms with Crippen LogP contribution in [0, 0.1) is 24.3 Å². The Morgan fingerprint density at radius 3 is 2.62 bits per heavy atom. The van der Waals surface area contributed by atoms with Gasteiger partial charge in [0.25, 0.3) is 5.91 Å². The first-order chi connectivity index (χ1) is 11.4. The van der Waals surface area contributed by atoms with Gasteiger partial charge in [0.15, 0.2) is 0 Å². The lowest BCUT2D eigenvalue weighted by Gasteiger charge is -2.07. The molecule has 124 valence electrons. The maximum atomic E-state index is 12.5. The molecule has 3 aromatic rings. The standard InChI is InChI=1S/C17H18IN5O/c1-9-7-12(18)5-6-13(9)19-17(24)15-8-14(20-21-15)16-10(2)22-23(4)11(16)3/h5-8H,1-4H3,(H,19,24)(H,20,21). The molecular formula is C17H18IN5O. The van der Waals surface area contributed by atoms with Crippen molar-refractivity contribution in [3.63, 3.8) is 0 Å². The van der Waals surface area contributed by atoms with Crippen LogP contribution in [-0.4, -0.2) is 25.9 Å². The maximum Gasteiger partial charge on any atom is 0.273 e. The van der Waals surface area contributed by atoms with Crippen molar-refractivity contribution in [1.82, 2.24) is 20.0 Å². The number of aromatic nitrogens is 4. The van der Waals surface area contributed by atoms with E-state index in [1.54, 1.807) is 6.07 Å². The fraction of sp³-hybridized carbons (Fsp3) is 0.235. The first-order valence-corrected chi connectivity index (χ1v) is 8.58. The number of carbonyl (C=O) groups excluding carboxylic acids is 1. The van der Waals surface area contributed by atoms with Gasteiger partial charge in [-0.1, -0.05) is 0 Å². The van der Waals surface area contributed by atoms with Crippen molar-refractivity contribution < 1.29 is 4.79 Å². The van der Waals surface area contributed by atoms with E-state index in [4.69, 9.17) is 0 Å². The Labute approximate surface area is 153 Å². The number of halogens is 1. The lowest BCUT2D eigenvalue weighted by Crippen LogP contribution is -2.13. The third-order valence-corrected chi connectivity index (χ3v) is 4.70. The molecular weight excluding hydrogens is 417 g/mol. The van der Waals surface area contributed by atoms with Crippen LogP contribution in [0.4, 0.5) is 5.69 Å². The second kappa shape index (κ2) is 6.39. The summed E-state index contributed by atoms with van der Waals surface area (Å²) in [6.45, 7) is 5.89. The third-order valence-electron chi connectivity index (χ3n) is 4.02. The van der Waals surface area contributed by atoms with Gasteiger partial charge in [-0.3, -0.25) is 14.6 Å². The van der Waals surface area contributed by atoms with Gasteiger partial charge >= 0.3 is 0 Å². The molecule has 0 aliphatic carbocycles. The molecule has 1 aromatic carbocycles. The monoisotopic (exact) mass is 435 g/mol. The van der Waals surface area contributed by atoms with E-state index >= 15 is 0 Å². The lowest BCUT2D eigenvalue weighted by atomic mass is 10.1. The zero-order chi connectivity index (χ0) is 17.4. The Morgan fingerprint density at radius 1 is 1.25 bits per heavy atom. The molecule has 0 spiro atoms. The minimum atomic E-state index is -0.211. The molecule has 6 nitrogen and oxygen atoms in total. The van der Waals surface area contributed by atoms with E-state index in [1.807, 2.05) is 50.7 Å². The SMILES string of the molecule is Cc1cc(I)ccc1NC(=O)c1cc(-c2c(C)nn(C)c2C)n[nH]1. The van der Waals surface area contributed by atoms with Gasteiger partial charge in [0.1, 0.15) is 5.69 Å². The highest BCUT2D eigenvalue weighted by Crippen LogP contribution is 2.25. The number of nitrogens with one attached hydrogen (secondary N) is 2. The van der Waals surface area contributed by atoms with E-state index in [2.05, 4.69) is 43.2 Å². The molecule has 0 unspecified atom stereocenters. The average molecular weight is 435 g/mol. The van der Waals surface area contributed by atoms with Crippen LogP contribution in [0.15, 0.2) is 24.3 Å². The minimum Gasteiger partial charge on any atom is -0.320 e. The van der Waals surface area contributed by atoms with Gasteiger partial charge in [-0.25, -0.2) is 0 Å². The maximum absolute atomic E-state index is 12.5. The highest BCUT2D eigenvalue weighted by molar-refractivity contribution is 14.1. The fourth-order valence-electron chi connectivity index (χ4n) is 2.67. The van der Waals surface area contributed by atoms with Gasteiger partial charge in [0.05, 0.1) is 11.4 Å². The van der Waals surface area contributed by atoms with Crippen LogP contribution in [-0.2, 0) is 7.05 Å². The van der Waals surface area contributed by atoms with E-state index in [-0.39, 0.29) is 5.91 Å². The second-order valence-corrected chi connectivity index (χ2v) is 7.00. The van der Waals surface area contributed by atoms with Crippen LogP contribution in [0.3, 0.4) is 0 Å². The van der Waals surface area contributed by atoms with Crippen LogP contribution >= 0.6 is 22.6 Å². The van der Waals surface area contributed by atoms with Gasteiger partial charge in [-0.15, -0.1) is 0 Å². The quantitative estimate of drug-likeness (QED) is 0.618. The largest absolute Gasteiger partial charge is 0.320 e. The second-order valence-electron chi connectivity index (χ2n) is 5.75. The summed E-state index contributed by atoms with van der Waals surface area (Å²) in [6, 6.07) is 7.65. The molecule has 24 heavy (non-hydrogen) atoms. The zero-order valence-electron chi connectivity index (χ0n) is 13.9. The molecule has 0 saturated carbocycles. The summed E-state index contributed by atoms with van der Waals surface area (Å²) >= 11 is 2.25. The van der Waals surface area contributed by atoms with E-state index in [0.717, 1.165) is 37.5 Å². The number of amides is 1. The minimum absolute atomic E-state index is 0.211. The first-order valence-electron chi connectivity index (χ1n) is 7.50. The molecule has 2 heterocycles. The molecule has 0 bridgehead atoms. The van der Waals surface area contributed by atoms with Crippen LogP contribution in [0.25, 0.3) is 11.3 Å². The van der Waals surface area contributed by atoms with Gasteiger partial charge < -0.3 is 5.32 Å². The predicted molar refractivity (Wildman–Crippen MR) is 102 cm³/mol. The Balaban J connectivity index is 1.86. The fourth-order valence-corrected chi connectivity index (χ4v) is 3.31. The topological polar surface area (TPSA) is 75.6 Å². The Hall–Kier alpha value is -2.16. The van der Waals surface area contributed by atoms with E-state index in [1.165, 1.54) is 0 Å². The number of carbonyl (C=O) groups is 1. The number of H-pyrrole nitrogens is 1. The number of nitrogens with zero attached hydrogens (tertiary/aromatic N) is 3. The Bertz CT molecular complexity index is 925. The summed E-state index contributed by atoms with van der Waals surface area (Å²) < 4.78 is 2.95. The molecule has 0 atom stereocenters. The van der Waals surface area contributed by atoms with Gasteiger partial charge in [0, 0.05) is 27.6 Å². The summed E-state index contributed by atoms with van der Waals surface area (Å²) in [5.41, 5.74) is 5.83.